The van der Waals surface area contributed by atoms with E-state index in [1.165, 1.54) is 18.2 Å². The molecule has 2 heterocycles. The van der Waals surface area contributed by atoms with E-state index in [0.29, 0.717) is 25.3 Å². The van der Waals surface area contributed by atoms with Crippen molar-refractivity contribution >= 4 is 11.8 Å². The number of alkyl halides is 3. The summed E-state index contributed by atoms with van der Waals surface area (Å²) in [4.78, 5) is 13.9. The zero-order chi connectivity index (χ0) is 19.4. The molecule has 0 spiro atoms. The Morgan fingerprint density at radius 2 is 2.11 bits per heavy atom. The molecule has 9 heteroatoms. The van der Waals surface area contributed by atoms with Crippen molar-refractivity contribution in [2.24, 2.45) is 13.0 Å². The average Bonchev–Trinajstić information content (AvgIpc) is 3.24. The molecule has 1 atom stereocenters. The molecule has 1 N–H and O–H groups in total. The summed E-state index contributed by atoms with van der Waals surface area (Å²) in [5.74, 6) is 0.517. The summed E-state index contributed by atoms with van der Waals surface area (Å²) < 4.78 is 45.8. The summed E-state index contributed by atoms with van der Waals surface area (Å²) in [6.45, 7) is 1.32. The minimum Gasteiger partial charge on any atom is -0.493 e. The van der Waals surface area contributed by atoms with Crippen LogP contribution in [0.2, 0.25) is 0 Å². The van der Waals surface area contributed by atoms with E-state index in [9.17, 15) is 18.0 Å². The Bertz CT molecular complexity index is 791. The summed E-state index contributed by atoms with van der Waals surface area (Å²) >= 11 is 0. The second-order valence-electron chi connectivity index (χ2n) is 6.54. The molecule has 0 radical (unpaired) electrons. The van der Waals surface area contributed by atoms with Crippen LogP contribution in [0.4, 0.5) is 23.8 Å². The van der Waals surface area contributed by atoms with Crippen LogP contribution in [0.5, 0.6) is 5.75 Å². The highest BCUT2D eigenvalue weighted by atomic mass is 19.4. The number of amides is 2. The van der Waals surface area contributed by atoms with Gasteiger partial charge in [0.2, 0.25) is 0 Å². The predicted molar refractivity (Wildman–Crippen MR) is 93.5 cm³/mol. The van der Waals surface area contributed by atoms with Crippen LogP contribution in [-0.2, 0) is 13.2 Å². The molecule has 1 aromatic carbocycles. The summed E-state index contributed by atoms with van der Waals surface area (Å²) in [5, 5.41) is 6.83. The number of rotatable bonds is 5. The molecule has 0 aliphatic carbocycles. The number of urea groups is 1. The first-order valence-corrected chi connectivity index (χ1v) is 8.67. The molecule has 146 valence electrons. The molecule has 1 fully saturated rings. The molecule has 2 amide bonds. The van der Waals surface area contributed by atoms with Gasteiger partial charge in [0.05, 0.1) is 12.2 Å². The van der Waals surface area contributed by atoms with Crippen molar-refractivity contribution in [2.75, 3.05) is 25.0 Å². The quantitative estimate of drug-likeness (QED) is 0.857. The highest BCUT2D eigenvalue weighted by molar-refractivity contribution is 5.88. The van der Waals surface area contributed by atoms with E-state index in [4.69, 9.17) is 4.74 Å². The fourth-order valence-electron chi connectivity index (χ4n) is 3.09. The fourth-order valence-corrected chi connectivity index (χ4v) is 3.09. The Hall–Kier alpha value is -2.71. The van der Waals surface area contributed by atoms with E-state index in [2.05, 4.69) is 10.4 Å². The second-order valence-corrected chi connectivity index (χ2v) is 6.54. The first-order valence-electron chi connectivity index (χ1n) is 8.67. The Morgan fingerprint density at radius 1 is 1.33 bits per heavy atom. The van der Waals surface area contributed by atoms with Crippen LogP contribution in [0.3, 0.4) is 0 Å². The van der Waals surface area contributed by atoms with Gasteiger partial charge in [-0.1, -0.05) is 12.1 Å². The lowest BCUT2D eigenvalue weighted by Gasteiger charge is -2.17. The molecule has 0 unspecified atom stereocenters. The van der Waals surface area contributed by atoms with Crippen LogP contribution in [-0.4, -0.2) is 40.4 Å². The van der Waals surface area contributed by atoms with Crippen LogP contribution >= 0.6 is 0 Å². The molecule has 2 aromatic rings. The number of nitrogens with zero attached hydrogens (tertiary/aromatic N) is 3. The van der Waals surface area contributed by atoms with Crippen molar-refractivity contribution in [3.63, 3.8) is 0 Å². The van der Waals surface area contributed by atoms with E-state index in [-0.39, 0.29) is 24.3 Å². The molecular formula is C18H21F3N4O2. The monoisotopic (exact) mass is 382 g/mol. The number of benzene rings is 1. The molecule has 6 nitrogen and oxygen atoms in total. The summed E-state index contributed by atoms with van der Waals surface area (Å²) in [6, 6.07) is 6.67. The number of likely N-dealkylation sites (tertiary alicyclic amines) is 1. The third-order valence-corrected chi connectivity index (χ3v) is 4.50. The van der Waals surface area contributed by atoms with Gasteiger partial charge in [0.15, 0.2) is 5.82 Å². The van der Waals surface area contributed by atoms with Gasteiger partial charge in [-0.3, -0.25) is 10.00 Å². The number of para-hydroxylation sites is 1. The minimum atomic E-state index is -4.44. The van der Waals surface area contributed by atoms with Crippen LogP contribution in [0.25, 0.3) is 0 Å². The highest BCUT2D eigenvalue weighted by Gasteiger charge is 2.34. The SMILES string of the molecule is Cn1ccc(NC(=O)N2CC[C@H](CCOc3ccccc3C(F)(F)F)C2)n1. The Balaban J connectivity index is 1.46. The molecule has 1 aromatic heterocycles. The van der Waals surface area contributed by atoms with Gasteiger partial charge >= 0.3 is 12.2 Å². The lowest BCUT2D eigenvalue weighted by atomic mass is 10.1. The number of halogens is 3. The van der Waals surface area contributed by atoms with E-state index in [1.807, 2.05) is 0 Å². The topological polar surface area (TPSA) is 59.4 Å². The van der Waals surface area contributed by atoms with Crippen molar-refractivity contribution < 1.29 is 22.7 Å². The lowest BCUT2D eigenvalue weighted by molar-refractivity contribution is -0.139. The van der Waals surface area contributed by atoms with Gasteiger partial charge in [-0.05, 0) is 30.9 Å². The molecular weight excluding hydrogens is 361 g/mol. The van der Waals surface area contributed by atoms with Gasteiger partial charge in [0.1, 0.15) is 5.75 Å². The van der Waals surface area contributed by atoms with Crippen molar-refractivity contribution in [1.29, 1.82) is 0 Å². The van der Waals surface area contributed by atoms with E-state index >= 15 is 0 Å². The maximum atomic E-state index is 13.0. The van der Waals surface area contributed by atoms with E-state index < -0.39 is 11.7 Å². The Labute approximate surface area is 154 Å². The zero-order valence-electron chi connectivity index (χ0n) is 14.9. The highest BCUT2D eigenvalue weighted by Crippen LogP contribution is 2.36. The second kappa shape index (κ2) is 7.89. The van der Waals surface area contributed by atoms with E-state index in [0.717, 1.165) is 12.5 Å². The number of aromatic nitrogens is 2. The average molecular weight is 382 g/mol. The molecule has 3 rings (SSSR count). The fraction of sp³-hybridized carbons (Fsp3) is 0.444. The van der Waals surface area contributed by atoms with Crippen LogP contribution in [0.1, 0.15) is 18.4 Å². The van der Waals surface area contributed by atoms with E-state index in [1.54, 1.807) is 28.9 Å². The van der Waals surface area contributed by atoms with Crippen LogP contribution in [0.15, 0.2) is 36.5 Å². The smallest absolute Gasteiger partial charge is 0.419 e. The molecule has 1 aliphatic rings. The predicted octanol–water partition coefficient (Wildman–Crippen LogP) is 3.76. The first-order chi connectivity index (χ1) is 12.8. The van der Waals surface area contributed by atoms with Gasteiger partial charge in [-0.2, -0.15) is 18.3 Å². The molecule has 1 aliphatic heterocycles. The zero-order valence-corrected chi connectivity index (χ0v) is 14.9. The van der Waals surface area contributed by atoms with Crippen LogP contribution in [0, 0.1) is 5.92 Å². The third kappa shape index (κ3) is 4.93. The molecule has 27 heavy (non-hydrogen) atoms. The largest absolute Gasteiger partial charge is 0.493 e. The number of ether oxygens (including phenoxy) is 1. The standard InChI is InChI=1S/C18H21F3N4O2/c1-24-9-7-16(23-24)22-17(26)25-10-6-13(12-25)8-11-27-15-5-3-2-4-14(15)18(19,20)21/h2-5,7,9,13H,6,8,10-12H2,1H3,(H,22,23,26)/t13-/m1/s1. The maximum absolute atomic E-state index is 13.0. The van der Waals surface area contributed by atoms with Crippen molar-refractivity contribution in [1.82, 2.24) is 14.7 Å². The summed E-state index contributed by atoms with van der Waals surface area (Å²) in [5.41, 5.74) is -0.771. The van der Waals surface area contributed by atoms with Gasteiger partial charge in [-0.25, -0.2) is 4.79 Å². The van der Waals surface area contributed by atoms with Gasteiger partial charge in [-0.15, -0.1) is 0 Å². The number of aryl methyl sites for hydroxylation is 1. The number of hydrogen-bond acceptors (Lipinski definition) is 3. The number of anilines is 1. The van der Waals surface area contributed by atoms with Gasteiger partial charge < -0.3 is 9.64 Å². The number of carbonyl (C=O) groups is 1. The first kappa shape index (κ1) is 19.1. The molecule has 1 saturated heterocycles. The van der Waals surface area contributed by atoms with Gasteiger partial charge in [0.25, 0.3) is 0 Å². The minimum absolute atomic E-state index is 0.159. The number of carbonyl (C=O) groups excluding carboxylic acids is 1. The molecule has 0 bridgehead atoms. The van der Waals surface area contributed by atoms with Crippen molar-refractivity contribution in [3.8, 4) is 5.75 Å². The Kier molecular flexibility index (Phi) is 5.57. The Morgan fingerprint density at radius 3 is 2.81 bits per heavy atom. The molecule has 0 saturated carbocycles. The van der Waals surface area contributed by atoms with Crippen molar-refractivity contribution in [3.05, 3.63) is 42.1 Å². The van der Waals surface area contributed by atoms with Gasteiger partial charge in [0, 0.05) is 32.4 Å². The normalized spacial score (nSPS) is 17.2. The summed E-state index contributed by atoms with van der Waals surface area (Å²) in [6.07, 6.45) is -1.33. The van der Waals surface area contributed by atoms with Crippen molar-refractivity contribution in [2.45, 2.75) is 19.0 Å². The maximum Gasteiger partial charge on any atom is 0.419 e. The number of hydrogen-bond donors (Lipinski definition) is 1. The third-order valence-electron chi connectivity index (χ3n) is 4.50. The summed E-state index contributed by atoms with van der Waals surface area (Å²) in [7, 11) is 1.76. The van der Waals surface area contributed by atoms with Crippen LogP contribution < -0.4 is 10.1 Å². The lowest BCUT2D eigenvalue weighted by Crippen LogP contribution is -2.33. The number of nitrogens with one attached hydrogen (secondary N) is 1.